The predicted octanol–water partition coefficient (Wildman–Crippen LogP) is -0.789. The van der Waals surface area contributed by atoms with Crippen LogP contribution < -0.4 is 24.8 Å². The standard InChI is InChI=1S/C13H22N.C2H6Si.2ClH.Ti/c1-8-9(2)11(4)12(10(8)3)14-13(5,6)7;1-3-2;;;/h10H,1-7H3;1-2H3;2*1H;/q-1;;;;+2/p-2. The van der Waals surface area contributed by atoms with E-state index in [4.69, 9.17) is 5.32 Å². The molecule has 0 saturated carbocycles. The van der Waals surface area contributed by atoms with Gasteiger partial charge in [0, 0.05) is 0 Å². The van der Waals surface area contributed by atoms with Crippen LogP contribution in [-0.2, 0) is 19.2 Å². The Morgan fingerprint density at radius 2 is 1.35 bits per heavy atom. The second-order valence-corrected chi connectivity index (χ2v) is 13.0. The van der Waals surface area contributed by atoms with Gasteiger partial charge < -0.3 is 30.1 Å². The van der Waals surface area contributed by atoms with E-state index in [0.29, 0.717) is 5.92 Å². The summed E-state index contributed by atoms with van der Waals surface area (Å²) < 4.78 is 0. The minimum absolute atomic E-state index is 0. The molecule has 0 bridgehead atoms. The molecule has 0 N–H and O–H groups in total. The third-order valence-corrected chi connectivity index (χ3v) is 3.05. The zero-order valence-electron chi connectivity index (χ0n) is 14.3. The average Bonchev–Trinajstić information content (AvgIpc) is 2.33. The first-order valence-electron chi connectivity index (χ1n) is 6.60. The first kappa shape index (κ1) is 25.7. The summed E-state index contributed by atoms with van der Waals surface area (Å²) in [5, 5.41) is 4.81. The van der Waals surface area contributed by atoms with Crippen LogP contribution in [0, 0.1) is 5.92 Å². The van der Waals surface area contributed by atoms with Crippen molar-refractivity contribution in [2.75, 3.05) is 0 Å². The van der Waals surface area contributed by atoms with Crippen LogP contribution in [-0.4, -0.2) is 11.7 Å². The van der Waals surface area contributed by atoms with Crippen LogP contribution in [0.5, 0.6) is 0 Å². The molecule has 1 aliphatic rings. The predicted molar refractivity (Wildman–Crippen MR) is 80.8 cm³/mol. The summed E-state index contributed by atoms with van der Waals surface area (Å²) in [4.78, 5) is 0. The molecule has 5 heteroatoms. The smallest absolute Gasteiger partial charge is 1.00 e. The molecule has 1 unspecified atom stereocenters. The fourth-order valence-electron chi connectivity index (χ4n) is 1.88. The molecule has 0 aromatic heterocycles. The number of hydrogen-bond acceptors (Lipinski definition) is 0. The fraction of sp³-hybridized carbons (Fsp3) is 0.733. The van der Waals surface area contributed by atoms with E-state index in [2.05, 4.69) is 80.7 Å². The Labute approximate surface area is 150 Å². The maximum Gasteiger partial charge on any atom is -1.00 e. The quantitative estimate of drug-likeness (QED) is 0.538. The molecule has 1 atom stereocenters. The number of allylic oxidation sites excluding steroid dienone is 3. The molecular weight excluding hydrogens is 341 g/mol. The van der Waals surface area contributed by atoms with Crippen molar-refractivity contribution >= 4 is 6.19 Å². The second kappa shape index (κ2) is 10.5. The maximum absolute atomic E-state index is 4.81. The van der Waals surface area contributed by atoms with Crippen LogP contribution in [0.15, 0.2) is 22.4 Å². The molecule has 0 saturated heterocycles. The molecule has 0 spiro atoms. The Morgan fingerprint density at radius 1 is 1.00 bits per heavy atom. The van der Waals surface area contributed by atoms with Crippen molar-refractivity contribution in [1.29, 1.82) is 0 Å². The Balaban J connectivity index is -0.000000429. The minimum Gasteiger partial charge on any atom is -1.00 e. The summed E-state index contributed by atoms with van der Waals surface area (Å²) >= 11 is 2.27. The summed E-state index contributed by atoms with van der Waals surface area (Å²) in [6, 6.07) is 0. The average molecular weight is 369 g/mol. The molecule has 0 aromatic carbocycles. The zero-order chi connectivity index (χ0) is 14.7. The van der Waals surface area contributed by atoms with Gasteiger partial charge in [-0.05, 0) is 26.7 Å². The molecule has 20 heavy (non-hydrogen) atoms. The van der Waals surface area contributed by atoms with E-state index in [9.17, 15) is 0 Å². The number of rotatable bonds is 1. The summed E-state index contributed by atoms with van der Waals surface area (Å²) in [5.41, 5.74) is 5.61. The third-order valence-electron chi connectivity index (χ3n) is 3.05. The third kappa shape index (κ3) is 8.94. The van der Waals surface area contributed by atoms with Gasteiger partial charge in [0.1, 0.15) is 0 Å². The summed E-state index contributed by atoms with van der Waals surface area (Å²) in [6.45, 7) is 19.9. The van der Waals surface area contributed by atoms with Crippen LogP contribution in [0.2, 0.25) is 13.1 Å². The molecule has 0 aromatic rings. The monoisotopic (exact) mass is 368 g/mol. The fourth-order valence-corrected chi connectivity index (χ4v) is 1.88. The van der Waals surface area contributed by atoms with E-state index < -0.39 is 0 Å². The maximum atomic E-state index is 4.81. The van der Waals surface area contributed by atoms with E-state index >= 15 is 0 Å². The summed E-state index contributed by atoms with van der Waals surface area (Å²) in [7, 11) is 0. The molecule has 1 aliphatic carbocycles. The van der Waals surface area contributed by atoms with Crippen LogP contribution in [0.4, 0.5) is 0 Å². The van der Waals surface area contributed by atoms with Gasteiger partial charge in [-0.2, -0.15) is 5.70 Å². The molecule has 0 aliphatic heterocycles. The Bertz CT molecular complexity index is 391. The molecule has 0 amide bonds. The Morgan fingerprint density at radius 3 is 1.55 bits per heavy atom. The van der Waals surface area contributed by atoms with E-state index in [1.165, 1.54) is 22.4 Å². The first-order valence-corrected chi connectivity index (χ1v) is 11.4. The number of hydrogen-bond donors (Lipinski definition) is 0. The largest absolute Gasteiger partial charge is 1.00 e. The van der Waals surface area contributed by atoms with E-state index in [0.717, 1.165) is 0 Å². The van der Waals surface area contributed by atoms with Crippen molar-refractivity contribution in [2.45, 2.75) is 67.1 Å². The van der Waals surface area contributed by atoms with Gasteiger partial charge in [0.2, 0.25) is 0 Å². The van der Waals surface area contributed by atoms with Crippen molar-refractivity contribution in [3.8, 4) is 0 Å². The van der Waals surface area contributed by atoms with Gasteiger partial charge in [-0.3, -0.25) is 0 Å². The van der Waals surface area contributed by atoms with Crippen molar-refractivity contribution in [1.82, 2.24) is 0 Å². The van der Waals surface area contributed by atoms with Gasteiger partial charge in [-0.15, -0.1) is 5.54 Å². The van der Waals surface area contributed by atoms with Gasteiger partial charge in [0.05, 0.1) is 0 Å². The van der Waals surface area contributed by atoms with Gasteiger partial charge in [0.25, 0.3) is 0 Å². The summed E-state index contributed by atoms with van der Waals surface area (Å²) in [6.07, 6.45) is 0.120. The van der Waals surface area contributed by atoms with Crippen molar-refractivity contribution in [3.63, 3.8) is 0 Å². The molecule has 0 heterocycles. The SMILES string of the molecule is CC1=C(C)C(C)C([N-]C(C)(C)C)=C1C.C[Si](C)=[Ti+2].[Cl-].[Cl-]. The molecule has 1 nitrogen and oxygen atoms in total. The molecule has 0 radical (unpaired) electrons. The number of halogens is 2. The summed E-state index contributed by atoms with van der Waals surface area (Å²) in [5.74, 6) is 0.509. The van der Waals surface area contributed by atoms with Crippen molar-refractivity contribution in [3.05, 3.63) is 27.7 Å². The molecular formula is C15H28Cl2NSiTi-. The Hall–Kier alpha value is 0.791. The molecule has 116 valence electrons. The number of nitrogens with zero attached hydrogens (tertiary/aromatic N) is 1. The van der Waals surface area contributed by atoms with Gasteiger partial charge in [-0.25, -0.2) is 0 Å². The van der Waals surface area contributed by atoms with Crippen molar-refractivity contribution < 1.29 is 44.0 Å². The Kier molecular flexibility index (Phi) is 13.5. The van der Waals surface area contributed by atoms with E-state index in [1.807, 2.05) is 0 Å². The normalized spacial score (nSPS) is 17.9. The zero-order valence-corrected chi connectivity index (χ0v) is 18.4. The van der Waals surface area contributed by atoms with Gasteiger partial charge in [-0.1, -0.05) is 44.4 Å². The second-order valence-electron chi connectivity index (χ2n) is 6.32. The first-order chi connectivity index (χ1) is 7.97. The van der Waals surface area contributed by atoms with Crippen LogP contribution in [0.3, 0.4) is 0 Å². The minimum atomic E-state index is 0. The van der Waals surface area contributed by atoms with Gasteiger partial charge in [0.15, 0.2) is 0 Å². The van der Waals surface area contributed by atoms with Crippen LogP contribution in [0.1, 0.15) is 48.5 Å². The van der Waals surface area contributed by atoms with Crippen LogP contribution >= 0.6 is 0 Å². The van der Waals surface area contributed by atoms with E-state index in [1.54, 1.807) is 0 Å². The van der Waals surface area contributed by atoms with Crippen molar-refractivity contribution in [2.24, 2.45) is 5.92 Å². The topological polar surface area (TPSA) is 14.1 Å². The van der Waals surface area contributed by atoms with E-state index in [-0.39, 0.29) is 36.5 Å². The molecule has 1 rings (SSSR count). The van der Waals surface area contributed by atoms with Crippen LogP contribution in [0.25, 0.3) is 5.32 Å². The van der Waals surface area contributed by atoms with Gasteiger partial charge >= 0.3 is 38.5 Å². The molecule has 0 fully saturated rings.